The summed E-state index contributed by atoms with van der Waals surface area (Å²) in [6, 6.07) is 7.61. The molecule has 1 amide bonds. The first-order chi connectivity index (χ1) is 16.4. The van der Waals surface area contributed by atoms with Crippen molar-refractivity contribution in [3.63, 3.8) is 0 Å². The van der Waals surface area contributed by atoms with Gasteiger partial charge in [0, 0.05) is 38.8 Å². The van der Waals surface area contributed by atoms with Crippen molar-refractivity contribution < 1.29 is 27.5 Å². The van der Waals surface area contributed by atoms with Gasteiger partial charge in [0.15, 0.2) is 27.3 Å². The number of hydrogen-bond acceptors (Lipinski definition) is 10. The van der Waals surface area contributed by atoms with Crippen molar-refractivity contribution in [2.24, 2.45) is 5.16 Å². The number of aromatic nitrogens is 3. The molecule has 11 nitrogen and oxygen atoms in total. The Morgan fingerprint density at radius 1 is 1.15 bits per heavy atom. The van der Waals surface area contributed by atoms with Gasteiger partial charge >= 0.3 is 0 Å². The maximum absolute atomic E-state index is 13.0. The van der Waals surface area contributed by atoms with Gasteiger partial charge in [0.05, 0.1) is 22.1 Å². The lowest BCUT2D eigenvalue weighted by Crippen LogP contribution is -2.24. The lowest BCUT2D eigenvalue weighted by atomic mass is 10.1. The van der Waals surface area contributed by atoms with E-state index in [1.165, 1.54) is 42.7 Å². The van der Waals surface area contributed by atoms with Crippen molar-refractivity contribution in [1.82, 2.24) is 15.2 Å². The number of amides is 1. The molecule has 3 rings (SSSR count). The van der Waals surface area contributed by atoms with Crippen LogP contribution in [0.15, 0.2) is 52.8 Å². The van der Waals surface area contributed by atoms with E-state index < -0.39 is 15.7 Å². The fourth-order valence-corrected chi connectivity index (χ4v) is 4.89. The number of oxime groups is 1. The Balaban J connectivity index is 1.79. The molecule has 0 fully saturated rings. The second-order valence-corrected chi connectivity index (χ2v) is 10.2. The topological polar surface area (TPSA) is 145 Å². The fraction of sp³-hybridized carbons (Fsp3) is 0.333. The molecule has 1 aromatic carbocycles. The van der Waals surface area contributed by atoms with E-state index >= 15 is 0 Å². The van der Waals surface area contributed by atoms with Crippen LogP contribution < -0.4 is 5.32 Å². The number of aromatic amines is 1. The molecule has 0 atom stereocenters. The third-order valence-corrected chi connectivity index (χ3v) is 7.15. The Bertz CT molecular complexity index is 1190. The molecule has 34 heavy (non-hydrogen) atoms. The van der Waals surface area contributed by atoms with E-state index in [1.807, 2.05) is 0 Å². The summed E-state index contributed by atoms with van der Waals surface area (Å²) in [7, 11) is -0.387. The number of sulfone groups is 1. The molecule has 3 aromatic rings. The average molecular weight is 508 g/mol. The number of H-pyrrole nitrogens is 1. The molecule has 0 aliphatic rings. The summed E-state index contributed by atoms with van der Waals surface area (Å²) in [5.74, 6) is -0.599. The number of rotatable bonds is 13. The maximum Gasteiger partial charge on any atom is 0.280 e. The number of hydrogen-bond donors (Lipinski definition) is 2. The van der Waals surface area contributed by atoms with Crippen molar-refractivity contribution in [3.8, 4) is 0 Å². The fourth-order valence-electron chi connectivity index (χ4n) is 2.82. The van der Waals surface area contributed by atoms with Gasteiger partial charge in [0.1, 0.15) is 5.69 Å². The second kappa shape index (κ2) is 12.4. The smallest absolute Gasteiger partial charge is 0.280 e. The van der Waals surface area contributed by atoms with E-state index in [0.717, 1.165) is 4.88 Å². The summed E-state index contributed by atoms with van der Waals surface area (Å²) in [5, 5.41) is 13.7. The molecule has 0 aliphatic carbocycles. The maximum atomic E-state index is 13.0. The largest absolute Gasteiger partial charge is 0.389 e. The minimum atomic E-state index is -3.48. The van der Waals surface area contributed by atoms with Gasteiger partial charge in [0.25, 0.3) is 5.91 Å². The quantitative estimate of drug-likeness (QED) is 0.204. The van der Waals surface area contributed by atoms with Crippen molar-refractivity contribution in [3.05, 3.63) is 58.9 Å². The molecular formula is C21H25N5O6S2. The van der Waals surface area contributed by atoms with Crippen LogP contribution in [-0.4, -0.2) is 61.8 Å². The number of ether oxygens (including phenoxy) is 2. The number of carbonyl (C=O) groups excluding carboxylic acids is 1. The molecule has 13 heteroatoms. The van der Waals surface area contributed by atoms with Crippen LogP contribution in [0.5, 0.6) is 0 Å². The Morgan fingerprint density at radius 3 is 2.62 bits per heavy atom. The molecular weight excluding hydrogens is 482 g/mol. The first-order valence-corrected chi connectivity index (χ1v) is 12.7. The van der Waals surface area contributed by atoms with Gasteiger partial charge in [-0.2, -0.15) is 5.10 Å². The summed E-state index contributed by atoms with van der Waals surface area (Å²) in [6.07, 6.45) is 3.63. The van der Waals surface area contributed by atoms with E-state index in [-0.39, 0.29) is 23.0 Å². The van der Waals surface area contributed by atoms with E-state index in [4.69, 9.17) is 14.3 Å². The number of methoxy groups -OCH3 is 2. The summed E-state index contributed by atoms with van der Waals surface area (Å²) in [6.45, 7) is 0.771. The highest BCUT2D eigenvalue weighted by atomic mass is 32.2. The lowest BCUT2D eigenvalue weighted by molar-refractivity contribution is -0.110. The van der Waals surface area contributed by atoms with Crippen molar-refractivity contribution in [2.45, 2.75) is 24.5 Å². The summed E-state index contributed by atoms with van der Waals surface area (Å²) in [5.41, 5.74) is 0.941. The molecule has 0 saturated heterocycles. The zero-order valence-corrected chi connectivity index (χ0v) is 20.3. The molecule has 0 unspecified atom stereocenters. The predicted octanol–water partition coefficient (Wildman–Crippen LogP) is 2.38. The van der Waals surface area contributed by atoms with E-state index in [2.05, 4.69) is 25.7 Å². The summed E-state index contributed by atoms with van der Waals surface area (Å²) in [4.78, 5) is 23.5. The van der Waals surface area contributed by atoms with Crippen molar-refractivity contribution in [1.29, 1.82) is 0 Å². The minimum absolute atomic E-state index is 0.0394. The van der Waals surface area contributed by atoms with Crippen molar-refractivity contribution >= 4 is 37.9 Å². The van der Waals surface area contributed by atoms with Gasteiger partial charge in [-0.15, -0.1) is 0 Å². The number of nitrogens with one attached hydrogen (secondary N) is 2. The molecule has 0 bridgehead atoms. The zero-order valence-electron chi connectivity index (χ0n) is 18.7. The van der Waals surface area contributed by atoms with Gasteiger partial charge in [-0.25, -0.2) is 13.4 Å². The van der Waals surface area contributed by atoms with Crippen molar-refractivity contribution in [2.75, 3.05) is 31.9 Å². The Kier molecular flexibility index (Phi) is 9.27. The molecule has 2 N–H and O–H groups in total. The first kappa shape index (κ1) is 25.5. The molecule has 0 aliphatic heterocycles. The highest BCUT2D eigenvalue weighted by molar-refractivity contribution is 7.91. The first-order valence-electron chi connectivity index (χ1n) is 10.2. The number of carbonyl (C=O) groups is 1. The third-order valence-electron chi connectivity index (χ3n) is 4.45. The van der Waals surface area contributed by atoms with E-state index in [1.54, 1.807) is 25.6 Å². The van der Waals surface area contributed by atoms with Crippen LogP contribution in [0.25, 0.3) is 0 Å². The molecule has 2 aromatic heterocycles. The van der Waals surface area contributed by atoms with Gasteiger partial charge in [0.2, 0.25) is 0 Å². The number of nitrogens with zero attached hydrogens (tertiary/aromatic N) is 3. The summed E-state index contributed by atoms with van der Waals surface area (Å²) >= 11 is 1.27. The Morgan fingerprint density at radius 2 is 1.94 bits per heavy atom. The highest BCUT2D eigenvalue weighted by Crippen LogP contribution is 2.20. The monoisotopic (exact) mass is 507 g/mol. The van der Waals surface area contributed by atoms with Crippen LogP contribution >= 0.6 is 11.3 Å². The lowest BCUT2D eigenvalue weighted by Gasteiger charge is -2.08. The number of thiazole rings is 1. The second-order valence-electron chi connectivity index (χ2n) is 6.99. The third kappa shape index (κ3) is 7.18. The predicted molar refractivity (Wildman–Crippen MR) is 126 cm³/mol. The van der Waals surface area contributed by atoms with Gasteiger partial charge in [-0.1, -0.05) is 28.6 Å². The van der Waals surface area contributed by atoms with Crippen LogP contribution in [0.1, 0.15) is 22.6 Å². The molecule has 0 spiro atoms. The molecule has 182 valence electrons. The minimum Gasteiger partial charge on any atom is -0.389 e. The standard InChI is InChI=1S/C21H25N5O6S2/c1-30-10-3-11-34(28,29)18-6-4-15(5-7-18)19(26-32-13-16-8-9-23-25-16)20(27)24-21-22-12-17(33-21)14-31-2/h4-9,12H,3,10-11,13-14H2,1-2H3,(H,23,25)(H,22,24,27)/b26-19+. The Labute approximate surface area is 201 Å². The van der Waals surface area contributed by atoms with Crippen LogP contribution in [0, 0.1) is 0 Å². The van der Waals surface area contributed by atoms with Gasteiger partial charge < -0.3 is 14.3 Å². The molecule has 0 saturated carbocycles. The normalized spacial score (nSPS) is 12.0. The van der Waals surface area contributed by atoms with E-state index in [9.17, 15) is 13.2 Å². The number of benzene rings is 1. The molecule has 2 heterocycles. The van der Waals surface area contributed by atoms with Crippen LogP contribution in [0.3, 0.4) is 0 Å². The highest BCUT2D eigenvalue weighted by Gasteiger charge is 2.20. The van der Waals surface area contributed by atoms with Crippen LogP contribution in [-0.2, 0) is 42.2 Å². The van der Waals surface area contributed by atoms with Gasteiger partial charge in [-0.05, 0) is 24.6 Å². The average Bonchev–Trinajstić information content (AvgIpc) is 3.49. The summed E-state index contributed by atoms with van der Waals surface area (Å²) < 4.78 is 35.0. The molecule has 0 radical (unpaired) electrons. The van der Waals surface area contributed by atoms with Crippen LogP contribution in [0.4, 0.5) is 5.13 Å². The number of anilines is 1. The van der Waals surface area contributed by atoms with E-state index in [0.29, 0.717) is 36.0 Å². The zero-order chi connectivity index (χ0) is 24.4. The SMILES string of the molecule is COCCCS(=O)(=O)c1ccc(/C(=N\OCc2cc[nH]n2)C(=O)Nc2ncc(COC)s2)cc1. The van der Waals surface area contributed by atoms with Crippen LogP contribution in [0.2, 0.25) is 0 Å². The van der Waals surface area contributed by atoms with Gasteiger partial charge in [-0.3, -0.25) is 15.2 Å². The Hall–Kier alpha value is -3.13.